The van der Waals surface area contributed by atoms with E-state index in [1.54, 1.807) is 7.11 Å². The van der Waals surface area contributed by atoms with E-state index in [1.165, 1.54) is 0 Å². The zero-order valence-electron chi connectivity index (χ0n) is 11.6. The van der Waals surface area contributed by atoms with Crippen LogP contribution in [0.3, 0.4) is 0 Å². The van der Waals surface area contributed by atoms with Gasteiger partial charge in [0.1, 0.15) is 5.75 Å². The molecule has 4 heteroatoms. The first kappa shape index (κ1) is 13.7. The third-order valence-electron chi connectivity index (χ3n) is 3.67. The fraction of sp³-hybridized carbons (Fsp3) is 0.533. The summed E-state index contributed by atoms with van der Waals surface area (Å²) in [7, 11) is 1.68. The highest BCUT2D eigenvalue weighted by atomic mass is 16.5. The number of nitrogens with one attached hydrogen (secondary N) is 1. The summed E-state index contributed by atoms with van der Waals surface area (Å²) in [6.07, 6.45) is 1.62. The van der Waals surface area contributed by atoms with Gasteiger partial charge in [-0.2, -0.15) is 5.26 Å². The van der Waals surface area contributed by atoms with Crippen LogP contribution in [0.1, 0.15) is 19.8 Å². The Bertz CT molecular complexity index is 455. The normalized spacial score (nSPS) is 23.5. The van der Waals surface area contributed by atoms with E-state index in [1.807, 2.05) is 18.2 Å². The third kappa shape index (κ3) is 3.18. The smallest absolute Gasteiger partial charge is 0.120 e. The zero-order valence-corrected chi connectivity index (χ0v) is 11.6. The van der Waals surface area contributed by atoms with Gasteiger partial charge in [0.15, 0.2) is 0 Å². The van der Waals surface area contributed by atoms with E-state index in [2.05, 4.69) is 29.3 Å². The largest absolute Gasteiger partial charge is 0.497 e. The Labute approximate surface area is 115 Å². The molecule has 0 aromatic heterocycles. The average molecular weight is 259 g/mol. The average Bonchev–Trinajstić information content (AvgIpc) is 2.61. The summed E-state index contributed by atoms with van der Waals surface area (Å²) >= 11 is 0. The molecule has 1 aromatic rings. The summed E-state index contributed by atoms with van der Waals surface area (Å²) in [6.45, 7) is 4.08. The van der Waals surface area contributed by atoms with Crippen LogP contribution in [0.5, 0.6) is 5.75 Å². The molecule has 102 valence electrons. The molecular weight excluding hydrogens is 238 g/mol. The zero-order chi connectivity index (χ0) is 13.7. The van der Waals surface area contributed by atoms with Gasteiger partial charge in [-0.15, -0.1) is 0 Å². The lowest BCUT2D eigenvalue weighted by molar-refractivity contribution is 0.414. The minimum Gasteiger partial charge on any atom is -0.497 e. The third-order valence-corrected chi connectivity index (χ3v) is 3.67. The molecule has 1 N–H and O–H groups in total. The molecule has 2 unspecified atom stereocenters. The summed E-state index contributed by atoms with van der Waals surface area (Å²) < 4.78 is 5.30. The number of hydrogen-bond acceptors (Lipinski definition) is 4. The van der Waals surface area contributed by atoms with Gasteiger partial charge in [-0.1, -0.05) is 6.07 Å². The number of rotatable bonds is 3. The molecule has 1 aliphatic heterocycles. The summed E-state index contributed by atoms with van der Waals surface area (Å²) in [4.78, 5) is 2.35. The Hall–Kier alpha value is -1.73. The van der Waals surface area contributed by atoms with Gasteiger partial charge in [0.2, 0.25) is 0 Å². The second-order valence-corrected chi connectivity index (χ2v) is 4.97. The van der Waals surface area contributed by atoms with Gasteiger partial charge in [0.25, 0.3) is 0 Å². The van der Waals surface area contributed by atoms with Crippen molar-refractivity contribution < 1.29 is 4.74 Å². The van der Waals surface area contributed by atoms with Crippen LogP contribution in [0.4, 0.5) is 5.69 Å². The number of ether oxygens (including phenoxy) is 1. The molecule has 1 aliphatic rings. The molecule has 1 aromatic carbocycles. The number of anilines is 1. The topological polar surface area (TPSA) is 48.3 Å². The number of nitriles is 1. The van der Waals surface area contributed by atoms with Crippen molar-refractivity contribution in [2.24, 2.45) is 0 Å². The predicted octanol–water partition coefficient (Wildman–Crippen LogP) is 2.17. The Kier molecular flexibility index (Phi) is 4.64. The molecule has 0 saturated carbocycles. The second kappa shape index (κ2) is 6.44. The summed E-state index contributed by atoms with van der Waals surface area (Å²) in [5.74, 6) is 0.859. The molecule has 1 saturated heterocycles. The van der Waals surface area contributed by atoms with Crippen molar-refractivity contribution in [2.75, 3.05) is 25.1 Å². The van der Waals surface area contributed by atoms with E-state index >= 15 is 0 Å². The predicted molar refractivity (Wildman–Crippen MR) is 76.4 cm³/mol. The quantitative estimate of drug-likeness (QED) is 0.903. The first-order chi connectivity index (χ1) is 9.26. The number of methoxy groups -OCH3 is 1. The maximum Gasteiger partial charge on any atom is 0.120 e. The number of benzene rings is 1. The SMILES string of the molecule is COc1cccc(N2C(C)CCNCC2CC#N)c1. The van der Waals surface area contributed by atoms with E-state index in [0.29, 0.717) is 12.5 Å². The maximum absolute atomic E-state index is 9.03. The molecule has 0 radical (unpaired) electrons. The molecule has 0 amide bonds. The Morgan fingerprint density at radius 1 is 1.53 bits per heavy atom. The molecule has 2 atom stereocenters. The molecule has 0 spiro atoms. The molecule has 1 heterocycles. The van der Waals surface area contributed by atoms with Gasteiger partial charge in [0, 0.05) is 24.3 Å². The molecule has 2 rings (SSSR count). The van der Waals surface area contributed by atoms with Gasteiger partial charge in [0.05, 0.1) is 25.6 Å². The van der Waals surface area contributed by atoms with Crippen molar-refractivity contribution in [3.8, 4) is 11.8 Å². The molecule has 19 heavy (non-hydrogen) atoms. The molecule has 4 nitrogen and oxygen atoms in total. The monoisotopic (exact) mass is 259 g/mol. The fourth-order valence-corrected chi connectivity index (χ4v) is 2.69. The lowest BCUT2D eigenvalue weighted by Gasteiger charge is -2.35. The van der Waals surface area contributed by atoms with Crippen LogP contribution in [0.2, 0.25) is 0 Å². The lowest BCUT2D eigenvalue weighted by atomic mass is 10.1. The van der Waals surface area contributed by atoms with Gasteiger partial charge < -0.3 is 15.0 Å². The molecule has 1 fully saturated rings. The van der Waals surface area contributed by atoms with Crippen LogP contribution >= 0.6 is 0 Å². The summed E-state index contributed by atoms with van der Waals surface area (Å²) in [5, 5.41) is 12.4. The van der Waals surface area contributed by atoms with Crippen molar-refractivity contribution in [1.29, 1.82) is 5.26 Å². The first-order valence-corrected chi connectivity index (χ1v) is 6.76. The highest BCUT2D eigenvalue weighted by molar-refractivity contribution is 5.52. The number of nitrogens with zero attached hydrogens (tertiary/aromatic N) is 2. The maximum atomic E-state index is 9.03. The standard InChI is InChI=1S/C15H21N3O/c1-12-7-9-17-11-14(6-8-16)18(12)13-4-3-5-15(10-13)19-2/h3-5,10,12,14,17H,6-7,9,11H2,1-2H3. The van der Waals surface area contributed by atoms with Crippen LogP contribution in [0.25, 0.3) is 0 Å². The second-order valence-electron chi connectivity index (χ2n) is 4.97. The van der Waals surface area contributed by atoms with Crippen molar-refractivity contribution in [3.05, 3.63) is 24.3 Å². The van der Waals surface area contributed by atoms with Gasteiger partial charge >= 0.3 is 0 Å². The van der Waals surface area contributed by atoms with E-state index < -0.39 is 0 Å². The fourth-order valence-electron chi connectivity index (χ4n) is 2.69. The van der Waals surface area contributed by atoms with E-state index in [-0.39, 0.29) is 6.04 Å². The van der Waals surface area contributed by atoms with Crippen molar-refractivity contribution in [1.82, 2.24) is 5.32 Å². The van der Waals surface area contributed by atoms with Crippen molar-refractivity contribution in [2.45, 2.75) is 31.8 Å². The van der Waals surface area contributed by atoms with Gasteiger partial charge in [-0.25, -0.2) is 0 Å². The van der Waals surface area contributed by atoms with Gasteiger partial charge in [-0.3, -0.25) is 0 Å². The van der Waals surface area contributed by atoms with E-state index in [9.17, 15) is 0 Å². The molecule has 0 bridgehead atoms. The Morgan fingerprint density at radius 3 is 3.11 bits per heavy atom. The van der Waals surface area contributed by atoms with Crippen molar-refractivity contribution in [3.63, 3.8) is 0 Å². The molecular formula is C15H21N3O. The lowest BCUT2D eigenvalue weighted by Crippen LogP contribution is -2.43. The highest BCUT2D eigenvalue weighted by Gasteiger charge is 2.26. The Balaban J connectivity index is 2.31. The first-order valence-electron chi connectivity index (χ1n) is 6.76. The minimum absolute atomic E-state index is 0.217. The van der Waals surface area contributed by atoms with Crippen LogP contribution in [0, 0.1) is 11.3 Å². The number of hydrogen-bond donors (Lipinski definition) is 1. The van der Waals surface area contributed by atoms with E-state index in [4.69, 9.17) is 10.00 Å². The highest BCUT2D eigenvalue weighted by Crippen LogP contribution is 2.27. The summed E-state index contributed by atoms with van der Waals surface area (Å²) in [6, 6.07) is 11.0. The van der Waals surface area contributed by atoms with Gasteiger partial charge in [-0.05, 0) is 32.0 Å². The summed E-state index contributed by atoms with van der Waals surface area (Å²) in [5.41, 5.74) is 1.14. The van der Waals surface area contributed by atoms with Crippen molar-refractivity contribution >= 4 is 5.69 Å². The van der Waals surface area contributed by atoms with Crippen LogP contribution in [-0.4, -0.2) is 32.3 Å². The van der Waals surface area contributed by atoms with E-state index in [0.717, 1.165) is 30.9 Å². The van der Waals surface area contributed by atoms with Crippen LogP contribution < -0.4 is 15.0 Å². The van der Waals surface area contributed by atoms with Crippen LogP contribution in [-0.2, 0) is 0 Å². The van der Waals surface area contributed by atoms with Crippen LogP contribution in [0.15, 0.2) is 24.3 Å². The Morgan fingerprint density at radius 2 is 2.37 bits per heavy atom. The minimum atomic E-state index is 0.217. The molecule has 0 aliphatic carbocycles.